The third-order valence-corrected chi connectivity index (χ3v) is 4.50. The minimum atomic E-state index is -4.37. The zero-order valence-corrected chi connectivity index (χ0v) is 19.2. The molecule has 0 unspecified atom stereocenters. The highest BCUT2D eigenvalue weighted by Gasteiger charge is 2.28. The summed E-state index contributed by atoms with van der Waals surface area (Å²) in [5, 5.41) is 3.27. The third-order valence-electron chi connectivity index (χ3n) is 4.50. The van der Waals surface area contributed by atoms with Gasteiger partial charge in [0.15, 0.2) is 12.6 Å². The van der Waals surface area contributed by atoms with E-state index in [0.717, 1.165) is 57.1 Å². The first-order chi connectivity index (χ1) is 13.4. The molecule has 1 aliphatic rings. The molecule has 6 nitrogen and oxygen atoms in total. The van der Waals surface area contributed by atoms with E-state index >= 15 is 0 Å². The van der Waals surface area contributed by atoms with E-state index in [1.54, 1.807) is 6.07 Å². The number of halogens is 4. The van der Waals surface area contributed by atoms with Crippen molar-refractivity contribution in [1.29, 1.82) is 0 Å². The van der Waals surface area contributed by atoms with Crippen LogP contribution in [0.5, 0.6) is 5.88 Å². The smallest absolute Gasteiger partial charge is 0.422 e. The maximum absolute atomic E-state index is 12.2. The van der Waals surface area contributed by atoms with Crippen LogP contribution in [-0.2, 0) is 11.3 Å². The second kappa shape index (κ2) is 13.1. The lowest BCUT2D eigenvalue weighted by molar-refractivity contribution is -0.154. The number of aliphatic imine (C=N–C) groups is 1. The lowest BCUT2D eigenvalue weighted by Gasteiger charge is -2.26. The first-order valence-corrected chi connectivity index (χ1v) is 9.59. The molecule has 1 N–H and O–H groups in total. The number of hydrogen-bond acceptors (Lipinski definition) is 4. The molecule has 2 rings (SSSR count). The Morgan fingerprint density at radius 3 is 2.66 bits per heavy atom. The van der Waals surface area contributed by atoms with E-state index in [1.165, 1.54) is 12.3 Å². The summed E-state index contributed by atoms with van der Waals surface area (Å²) in [6, 6.07) is 3.10. The van der Waals surface area contributed by atoms with Gasteiger partial charge in [0.1, 0.15) is 0 Å². The molecule has 0 radical (unpaired) electrons. The number of guanidine groups is 1. The van der Waals surface area contributed by atoms with Crippen LogP contribution in [0.3, 0.4) is 0 Å². The first-order valence-electron chi connectivity index (χ1n) is 9.59. The highest BCUT2D eigenvalue weighted by Crippen LogP contribution is 2.19. The molecule has 0 saturated carbocycles. The molecular weight excluding hydrogens is 500 g/mol. The number of nitrogens with zero attached hydrogens (tertiary/aromatic N) is 3. The first kappa shape index (κ1) is 25.7. The highest BCUT2D eigenvalue weighted by molar-refractivity contribution is 14.0. The predicted molar refractivity (Wildman–Crippen MR) is 117 cm³/mol. The summed E-state index contributed by atoms with van der Waals surface area (Å²) >= 11 is 0. The zero-order valence-electron chi connectivity index (χ0n) is 16.9. The van der Waals surface area contributed by atoms with Crippen LogP contribution in [0.25, 0.3) is 0 Å². The Morgan fingerprint density at radius 1 is 1.34 bits per heavy atom. The lowest BCUT2D eigenvalue weighted by atomic mass is 9.96. The van der Waals surface area contributed by atoms with Gasteiger partial charge in [-0.3, -0.25) is 0 Å². The quantitative estimate of drug-likeness (QED) is 0.315. The second-order valence-electron chi connectivity index (χ2n) is 6.84. The Balaban J connectivity index is 0.00000420. The summed E-state index contributed by atoms with van der Waals surface area (Å²) < 4.78 is 46.5. The van der Waals surface area contributed by atoms with Gasteiger partial charge < -0.3 is 19.7 Å². The molecule has 1 aromatic heterocycles. The van der Waals surface area contributed by atoms with E-state index in [2.05, 4.69) is 24.9 Å². The largest absolute Gasteiger partial charge is 0.468 e. The van der Waals surface area contributed by atoms with E-state index < -0.39 is 12.8 Å². The maximum Gasteiger partial charge on any atom is 0.422 e. The van der Waals surface area contributed by atoms with E-state index in [4.69, 9.17) is 4.74 Å². The molecule has 10 heteroatoms. The van der Waals surface area contributed by atoms with Crippen LogP contribution in [0, 0.1) is 5.92 Å². The fourth-order valence-corrected chi connectivity index (χ4v) is 2.90. The number of alkyl halides is 3. The molecule has 0 aromatic carbocycles. The van der Waals surface area contributed by atoms with Crippen molar-refractivity contribution in [2.24, 2.45) is 10.9 Å². The van der Waals surface area contributed by atoms with E-state index in [-0.39, 0.29) is 29.9 Å². The Hall–Kier alpha value is -1.30. The van der Waals surface area contributed by atoms with Gasteiger partial charge in [-0.1, -0.05) is 6.07 Å². The lowest BCUT2D eigenvalue weighted by Crippen LogP contribution is -2.40. The van der Waals surface area contributed by atoms with E-state index in [1.807, 2.05) is 14.0 Å². The minimum absolute atomic E-state index is 0. The topological polar surface area (TPSA) is 59.0 Å². The molecule has 1 saturated heterocycles. The second-order valence-corrected chi connectivity index (χ2v) is 6.84. The molecular formula is C19H30F3IN4O2. The van der Waals surface area contributed by atoms with Crippen LogP contribution >= 0.6 is 24.0 Å². The summed E-state index contributed by atoms with van der Waals surface area (Å²) in [6.07, 6.45) is 0.421. The highest BCUT2D eigenvalue weighted by atomic mass is 127. The maximum atomic E-state index is 12.2. The SMILES string of the molecule is CCNC(=NCc1ccc(OCC(F)(F)F)nc1)N(C)CCC1CCOCC1.I. The Labute approximate surface area is 187 Å². The van der Waals surface area contributed by atoms with Crippen LogP contribution in [-0.4, -0.2) is 62.0 Å². The van der Waals surface area contributed by atoms with Crippen molar-refractivity contribution in [1.82, 2.24) is 15.2 Å². The number of pyridine rings is 1. The van der Waals surface area contributed by atoms with Crippen molar-refractivity contribution in [3.05, 3.63) is 23.9 Å². The van der Waals surface area contributed by atoms with Gasteiger partial charge in [-0.05, 0) is 37.7 Å². The van der Waals surface area contributed by atoms with Gasteiger partial charge in [0, 0.05) is 45.6 Å². The van der Waals surface area contributed by atoms with Crippen LogP contribution in [0.1, 0.15) is 31.7 Å². The standard InChI is InChI=1S/C19H29F3N4O2.HI/c1-3-23-18(26(2)9-6-15-7-10-27-11-8-15)25-13-16-4-5-17(24-12-16)28-14-19(20,21)22;/h4-5,12,15H,3,6-11,13-14H2,1-2H3,(H,23,25);1H. The average Bonchev–Trinajstić information content (AvgIpc) is 2.68. The molecule has 0 atom stereocenters. The van der Waals surface area contributed by atoms with Crippen molar-refractivity contribution < 1.29 is 22.6 Å². The van der Waals surface area contributed by atoms with Crippen molar-refractivity contribution in [2.75, 3.05) is 40.0 Å². The Bertz CT molecular complexity index is 608. The van der Waals surface area contributed by atoms with Gasteiger partial charge in [-0.15, -0.1) is 24.0 Å². The van der Waals surface area contributed by atoms with Crippen molar-refractivity contribution in [3.8, 4) is 5.88 Å². The molecule has 0 aliphatic carbocycles. The van der Waals surface area contributed by atoms with Crippen LogP contribution in [0.4, 0.5) is 13.2 Å². The fourth-order valence-electron chi connectivity index (χ4n) is 2.90. The molecule has 2 heterocycles. The van der Waals surface area contributed by atoms with Gasteiger partial charge >= 0.3 is 6.18 Å². The van der Waals surface area contributed by atoms with Gasteiger partial charge in [-0.25, -0.2) is 9.98 Å². The molecule has 1 aromatic rings. The van der Waals surface area contributed by atoms with Gasteiger partial charge in [0.25, 0.3) is 0 Å². The number of rotatable bonds is 8. The van der Waals surface area contributed by atoms with Gasteiger partial charge in [0.05, 0.1) is 6.54 Å². The molecule has 166 valence electrons. The number of nitrogens with one attached hydrogen (secondary N) is 1. The van der Waals surface area contributed by atoms with Crippen molar-refractivity contribution in [2.45, 2.75) is 38.9 Å². The third kappa shape index (κ3) is 10.3. The van der Waals surface area contributed by atoms with Gasteiger partial charge in [0.2, 0.25) is 5.88 Å². The average molecular weight is 530 g/mol. The summed E-state index contributed by atoms with van der Waals surface area (Å²) in [7, 11) is 2.01. The summed E-state index contributed by atoms with van der Waals surface area (Å²) in [5.74, 6) is 1.44. The van der Waals surface area contributed by atoms with E-state index in [0.29, 0.717) is 12.5 Å². The summed E-state index contributed by atoms with van der Waals surface area (Å²) in [4.78, 5) is 10.6. The van der Waals surface area contributed by atoms with Crippen LogP contribution < -0.4 is 10.1 Å². The van der Waals surface area contributed by atoms with Crippen molar-refractivity contribution >= 4 is 29.9 Å². The van der Waals surface area contributed by atoms with E-state index in [9.17, 15) is 13.2 Å². The normalized spacial score (nSPS) is 15.6. The number of aromatic nitrogens is 1. The zero-order chi connectivity index (χ0) is 20.4. The fraction of sp³-hybridized carbons (Fsp3) is 0.684. The number of hydrogen-bond donors (Lipinski definition) is 1. The predicted octanol–water partition coefficient (Wildman–Crippen LogP) is 3.85. The molecule has 1 fully saturated rings. The Kier molecular flexibility index (Phi) is 11.6. The van der Waals surface area contributed by atoms with Crippen molar-refractivity contribution in [3.63, 3.8) is 0 Å². The monoisotopic (exact) mass is 530 g/mol. The molecule has 29 heavy (non-hydrogen) atoms. The summed E-state index contributed by atoms with van der Waals surface area (Å²) in [5.41, 5.74) is 0.799. The molecule has 0 spiro atoms. The minimum Gasteiger partial charge on any atom is -0.468 e. The van der Waals surface area contributed by atoms with Crippen LogP contribution in [0.2, 0.25) is 0 Å². The molecule has 0 bridgehead atoms. The number of ether oxygens (including phenoxy) is 2. The molecule has 1 aliphatic heterocycles. The Morgan fingerprint density at radius 2 is 2.07 bits per heavy atom. The van der Waals surface area contributed by atoms with Crippen LogP contribution in [0.15, 0.2) is 23.3 Å². The van der Waals surface area contributed by atoms with Gasteiger partial charge in [-0.2, -0.15) is 13.2 Å². The summed E-state index contributed by atoms with van der Waals surface area (Å²) in [6.45, 7) is 4.39. The molecule has 0 amide bonds.